The minimum atomic E-state index is -0.0422. The van der Waals surface area contributed by atoms with Crippen molar-refractivity contribution in [2.75, 3.05) is 26.2 Å². The Morgan fingerprint density at radius 2 is 1.92 bits per heavy atom. The molecule has 3 aromatic rings. The average molecular weight is 490 g/mol. The molecule has 1 fully saturated rings. The predicted octanol–water partition coefficient (Wildman–Crippen LogP) is 3.98. The fourth-order valence-corrected chi connectivity index (χ4v) is 4.95. The molecule has 1 saturated heterocycles. The second-order valence-corrected chi connectivity index (χ2v) is 9.88. The zero-order valence-electron chi connectivity index (χ0n) is 21.0. The Morgan fingerprint density at radius 1 is 1.03 bits per heavy atom. The van der Waals surface area contributed by atoms with E-state index < -0.39 is 0 Å². The molecule has 0 radical (unpaired) electrons. The zero-order chi connectivity index (χ0) is 24.7. The summed E-state index contributed by atoms with van der Waals surface area (Å²) in [6.07, 6.45) is 6.09. The van der Waals surface area contributed by atoms with Crippen molar-refractivity contribution in [2.45, 2.75) is 52.3 Å². The number of carbonyl (C=O) groups excluding carboxylic acids is 1. The number of benzene rings is 2. The Kier molecular flexibility index (Phi) is 7.81. The lowest BCUT2D eigenvalue weighted by Crippen LogP contribution is -2.36. The highest BCUT2D eigenvalue weighted by atomic mass is 16.5. The first-order chi connectivity index (χ1) is 17.6. The number of hydrogen-bond acceptors (Lipinski definition) is 6. The maximum atomic E-state index is 12.8. The number of aryl methyl sites for hydroxylation is 2. The van der Waals surface area contributed by atoms with Gasteiger partial charge in [0.25, 0.3) is 5.91 Å². The Hall–Kier alpha value is -3.39. The summed E-state index contributed by atoms with van der Waals surface area (Å²) in [5.74, 6) is 2.14. The van der Waals surface area contributed by atoms with Gasteiger partial charge in [0, 0.05) is 38.2 Å². The predicted molar refractivity (Wildman–Crippen MR) is 137 cm³/mol. The van der Waals surface area contributed by atoms with Crippen molar-refractivity contribution < 1.29 is 14.3 Å². The van der Waals surface area contributed by atoms with Crippen molar-refractivity contribution in [3.63, 3.8) is 0 Å². The average Bonchev–Trinajstić information content (AvgIpc) is 3.34. The number of nitrogens with zero attached hydrogens (tertiary/aromatic N) is 4. The summed E-state index contributed by atoms with van der Waals surface area (Å²) in [6.45, 7) is 7.41. The Labute approximate surface area is 212 Å². The number of fused-ring (bicyclic) bond motifs is 9. The number of piperidine rings is 1. The van der Waals surface area contributed by atoms with Crippen molar-refractivity contribution in [3.8, 4) is 11.5 Å². The minimum absolute atomic E-state index is 0.0422. The second kappa shape index (κ2) is 11.6. The molecule has 2 aromatic carbocycles. The van der Waals surface area contributed by atoms with Crippen LogP contribution in [0.4, 0.5) is 0 Å². The molecule has 4 heterocycles. The number of nitrogens with one attached hydrogen (secondary N) is 1. The van der Waals surface area contributed by atoms with Crippen molar-refractivity contribution in [1.29, 1.82) is 0 Å². The van der Waals surface area contributed by atoms with Gasteiger partial charge in [-0.05, 0) is 74.0 Å². The summed E-state index contributed by atoms with van der Waals surface area (Å²) in [4.78, 5) is 15.3. The lowest BCUT2D eigenvalue weighted by Gasteiger charge is -2.33. The van der Waals surface area contributed by atoms with Gasteiger partial charge in [-0.3, -0.25) is 14.4 Å². The van der Waals surface area contributed by atoms with Crippen LogP contribution in [-0.2, 0) is 19.7 Å². The summed E-state index contributed by atoms with van der Waals surface area (Å²) in [5, 5.41) is 11.5. The molecule has 0 aliphatic carbocycles. The fourth-order valence-electron chi connectivity index (χ4n) is 4.95. The van der Waals surface area contributed by atoms with E-state index in [1.54, 1.807) is 0 Å². The third-order valence-electron chi connectivity index (χ3n) is 6.98. The molecule has 3 aliphatic heterocycles. The topological polar surface area (TPSA) is 81.5 Å². The van der Waals surface area contributed by atoms with E-state index >= 15 is 0 Å². The van der Waals surface area contributed by atoms with Crippen LogP contribution in [0.15, 0.2) is 48.7 Å². The molecular formula is C28H35N5O3. The standard InChI is InChI=1S/C28H35N5O3/c1-21-5-8-24-16-27(21)35-15-3-14-33-19-25(30-31-33)20-36-26-9-6-23(7-10-26)18-32-13-2-4-22(17-32)11-12-29-28(24)34/h5-10,16,19,22H,2-4,11-15,17-18,20H2,1H3,(H,29,34). The van der Waals surface area contributed by atoms with Crippen LogP contribution in [0.1, 0.15) is 52.9 Å². The number of amides is 1. The summed E-state index contributed by atoms with van der Waals surface area (Å²) in [6, 6.07) is 14.0. The Morgan fingerprint density at radius 3 is 2.81 bits per heavy atom. The number of hydrogen-bond donors (Lipinski definition) is 1. The highest BCUT2D eigenvalue weighted by Crippen LogP contribution is 2.23. The fraction of sp³-hybridized carbons (Fsp3) is 0.464. The molecule has 1 amide bonds. The van der Waals surface area contributed by atoms with Crippen LogP contribution in [0.3, 0.4) is 0 Å². The molecule has 1 N–H and O–H groups in total. The third kappa shape index (κ3) is 6.43. The van der Waals surface area contributed by atoms with Gasteiger partial charge in [0.15, 0.2) is 0 Å². The molecule has 8 bridgehead atoms. The molecule has 1 aromatic heterocycles. The van der Waals surface area contributed by atoms with Crippen LogP contribution in [0.5, 0.6) is 11.5 Å². The first-order valence-corrected chi connectivity index (χ1v) is 13.0. The first kappa shape index (κ1) is 24.3. The van der Waals surface area contributed by atoms with Crippen molar-refractivity contribution in [3.05, 3.63) is 71.0 Å². The zero-order valence-corrected chi connectivity index (χ0v) is 21.0. The number of rotatable bonds is 0. The van der Waals surface area contributed by atoms with E-state index in [0.29, 0.717) is 37.8 Å². The smallest absolute Gasteiger partial charge is 0.251 e. The highest BCUT2D eigenvalue weighted by Gasteiger charge is 2.20. The van der Waals surface area contributed by atoms with E-state index in [1.165, 1.54) is 18.4 Å². The van der Waals surface area contributed by atoms with Crippen LogP contribution >= 0.6 is 0 Å². The quantitative estimate of drug-likeness (QED) is 0.515. The summed E-state index contributed by atoms with van der Waals surface area (Å²) in [7, 11) is 0. The Bertz CT molecular complexity index is 1160. The van der Waals surface area contributed by atoms with E-state index in [2.05, 4.69) is 32.7 Å². The van der Waals surface area contributed by atoms with E-state index in [-0.39, 0.29) is 5.91 Å². The monoisotopic (exact) mass is 489 g/mol. The molecular weight excluding hydrogens is 454 g/mol. The highest BCUT2D eigenvalue weighted by molar-refractivity contribution is 5.94. The lowest BCUT2D eigenvalue weighted by molar-refractivity contribution is 0.0945. The number of carbonyl (C=O) groups is 1. The second-order valence-electron chi connectivity index (χ2n) is 9.88. The van der Waals surface area contributed by atoms with Crippen LogP contribution in [0.2, 0.25) is 0 Å². The van der Waals surface area contributed by atoms with Gasteiger partial charge in [0.2, 0.25) is 0 Å². The number of ether oxygens (including phenoxy) is 2. The van der Waals surface area contributed by atoms with Crippen molar-refractivity contribution >= 4 is 5.91 Å². The van der Waals surface area contributed by atoms with Gasteiger partial charge in [-0.15, -0.1) is 5.10 Å². The van der Waals surface area contributed by atoms with Crippen molar-refractivity contribution in [1.82, 2.24) is 25.2 Å². The molecule has 2 atom stereocenters. The molecule has 2 unspecified atom stereocenters. The molecule has 0 saturated carbocycles. The summed E-state index contributed by atoms with van der Waals surface area (Å²) < 4.78 is 13.8. The van der Waals surface area contributed by atoms with Gasteiger partial charge < -0.3 is 14.8 Å². The molecule has 36 heavy (non-hydrogen) atoms. The molecule has 8 nitrogen and oxygen atoms in total. The molecule has 6 rings (SSSR count). The lowest BCUT2D eigenvalue weighted by atomic mass is 9.94. The first-order valence-electron chi connectivity index (χ1n) is 13.0. The van der Waals surface area contributed by atoms with Crippen LogP contribution in [-0.4, -0.2) is 52.0 Å². The van der Waals surface area contributed by atoms with E-state index in [4.69, 9.17) is 9.47 Å². The molecule has 3 aliphatic rings. The minimum Gasteiger partial charge on any atom is -0.493 e. The van der Waals surface area contributed by atoms with E-state index in [9.17, 15) is 4.79 Å². The summed E-state index contributed by atoms with van der Waals surface area (Å²) >= 11 is 0. The normalized spacial score (nSPS) is 21.5. The molecule has 190 valence electrons. The number of aromatic nitrogens is 3. The summed E-state index contributed by atoms with van der Waals surface area (Å²) in [5.41, 5.74) is 3.74. The van der Waals surface area contributed by atoms with Gasteiger partial charge in [-0.2, -0.15) is 0 Å². The van der Waals surface area contributed by atoms with Gasteiger partial charge in [-0.1, -0.05) is 23.4 Å². The maximum Gasteiger partial charge on any atom is 0.251 e. The van der Waals surface area contributed by atoms with Gasteiger partial charge in [-0.25, -0.2) is 0 Å². The van der Waals surface area contributed by atoms with Gasteiger partial charge in [0.1, 0.15) is 23.8 Å². The third-order valence-corrected chi connectivity index (χ3v) is 6.98. The maximum absolute atomic E-state index is 12.8. The van der Waals surface area contributed by atoms with Gasteiger partial charge in [0.05, 0.1) is 12.8 Å². The Balaban J connectivity index is 1.29. The van der Waals surface area contributed by atoms with Crippen LogP contribution in [0.25, 0.3) is 0 Å². The molecule has 0 spiro atoms. The largest absolute Gasteiger partial charge is 0.493 e. The SMILES string of the molecule is Cc1ccc2cc1OCCCn1cc(nn1)COc1ccc(cc1)CN1CCCC(CCNC2=O)C1. The molecule has 8 heteroatoms. The van der Waals surface area contributed by atoms with Crippen molar-refractivity contribution in [2.24, 2.45) is 5.92 Å². The van der Waals surface area contributed by atoms with Crippen LogP contribution < -0.4 is 14.8 Å². The van der Waals surface area contributed by atoms with E-state index in [0.717, 1.165) is 55.2 Å². The van der Waals surface area contributed by atoms with Gasteiger partial charge >= 0.3 is 0 Å². The van der Waals surface area contributed by atoms with E-state index in [1.807, 2.05) is 48.1 Å². The van der Waals surface area contributed by atoms with Crippen LogP contribution in [0, 0.1) is 12.8 Å².